The zero-order valence-corrected chi connectivity index (χ0v) is 10.1. The molecule has 0 atom stereocenters. The van der Waals surface area contributed by atoms with E-state index in [9.17, 15) is 9.59 Å². The molecule has 1 aliphatic heterocycles. The van der Waals surface area contributed by atoms with Crippen molar-refractivity contribution in [3.63, 3.8) is 0 Å². The first-order valence-corrected chi connectivity index (χ1v) is 5.65. The lowest BCUT2D eigenvalue weighted by Crippen LogP contribution is -2.16. The summed E-state index contributed by atoms with van der Waals surface area (Å²) < 4.78 is 0. The molecule has 1 heterocycles. The van der Waals surface area contributed by atoms with Crippen LogP contribution in [0.1, 0.15) is 24.5 Å². The Bertz CT molecular complexity index is 468. The minimum atomic E-state index is -0.236. The first-order valence-electron chi connectivity index (χ1n) is 5.65. The van der Waals surface area contributed by atoms with Gasteiger partial charge in [0.15, 0.2) is 0 Å². The maximum Gasteiger partial charge on any atom is 0.231 e. The number of anilines is 1. The summed E-state index contributed by atoms with van der Waals surface area (Å²) in [4.78, 5) is 24.6. The number of nitrogens with zero attached hydrogens (tertiary/aromatic N) is 1. The predicted molar refractivity (Wildman–Crippen MR) is 65.5 cm³/mol. The molecule has 4 heteroatoms. The maximum absolute atomic E-state index is 11.6. The molecule has 0 radical (unpaired) electrons. The van der Waals surface area contributed by atoms with Crippen LogP contribution in [0.25, 0.3) is 0 Å². The first-order chi connectivity index (χ1) is 8.06. The summed E-state index contributed by atoms with van der Waals surface area (Å²) in [5.41, 5.74) is 3.23. The molecule has 2 rings (SSSR count). The minimum Gasteiger partial charge on any atom is -0.325 e. The third kappa shape index (κ3) is 2.71. The summed E-state index contributed by atoms with van der Waals surface area (Å²) in [6, 6.07) is 5.89. The number of carbonyl (C=O) groups is 2. The highest BCUT2D eigenvalue weighted by molar-refractivity contribution is 6.03. The second kappa shape index (κ2) is 4.67. The van der Waals surface area contributed by atoms with Crippen molar-refractivity contribution in [2.24, 2.45) is 0 Å². The zero-order chi connectivity index (χ0) is 12.4. The van der Waals surface area contributed by atoms with E-state index in [2.05, 4.69) is 16.3 Å². The van der Waals surface area contributed by atoms with E-state index in [0.717, 1.165) is 24.3 Å². The van der Waals surface area contributed by atoms with E-state index < -0.39 is 0 Å². The number of ketones is 1. The third-order valence-electron chi connectivity index (χ3n) is 2.82. The Morgan fingerprint density at radius 2 is 2.12 bits per heavy atom. The second-order valence-corrected chi connectivity index (χ2v) is 4.54. The van der Waals surface area contributed by atoms with Crippen molar-refractivity contribution in [3.05, 3.63) is 29.3 Å². The van der Waals surface area contributed by atoms with Gasteiger partial charge in [0.25, 0.3) is 0 Å². The standard InChI is InChI=1S/C13H16N2O2/c1-9(16)6-13(17)14-12-5-3-4-10-7-15(2)8-11(10)12/h3-5H,6-8H2,1-2H3,(H,14,17). The van der Waals surface area contributed by atoms with Crippen LogP contribution in [0.15, 0.2) is 18.2 Å². The van der Waals surface area contributed by atoms with Crippen LogP contribution in [0.4, 0.5) is 5.69 Å². The molecule has 1 aliphatic rings. The van der Waals surface area contributed by atoms with Crippen LogP contribution in [0.3, 0.4) is 0 Å². The lowest BCUT2D eigenvalue weighted by Gasteiger charge is -2.09. The monoisotopic (exact) mass is 232 g/mol. The fraction of sp³-hybridized carbons (Fsp3) is 0.385. The molecule has 0 aromatic heterocycles. The van der Waals surface area contributed by atoms with E-state index in [4.69, 9.17) is 0 Å². The molecule has 1 aromatic carbocycles. The molecule has 1 N–H and O–H groups in total. The smallest absolute Gasteiger partial charge is 0.231 e. The lowest BCUT2D eigenvalue weighted by molar-refractivity contribution is -0.124. The van der Waals surface area contributed by atoms with Crippen molar-refractivity contribution in [2.75, 3.05) is 12.4 Å². The second-order valence-electron chi connectivity index (χ2n) is 4.54. The molecule has 0 fully saturated rings. The van der Waals surface area contributed by atoms with Gasteiger partial charge in [-0.2, -0.15) is 0 Å². The van der Waals surface area contributed by atoms with Gasteiger partial charge in [-0.1, -0.05) is 12.1 Å². The third-order valence-corrected chi connectivity index (χ3v) is 2.82. The Balaban J connectivity index is 2.15. The molecule has 4 nitrogen and oxygen atoms in total. The Labute approximate surface area is 101 Å². The summed E-state index contributed by atoms with van der Waals surface area (Å²) in [5, 5.41) is 2.81. The van der Waals surface area contributed by atoms with Gasteiger partial charge in [-0.05, 0) is 31.2 Å². The number of Topliss-reactive ketones (excluding diaryl/α,β-unsaturated/α-hetero) is 1. The van der Waals surface area contributed by atoms with Crippen LogP contribution in [0.5, 0.6) is 0 Å². The summed E-state index contributed by atoms with van der Waals surface area (Å²) in [6.07, 6.45) is -0.0560. The van der Waals surface area contributed by atoms with Crippen LogP contribution in [-0.2, 0) is 22.7 Å². The molecule has 0 saturated carbocycles. The largest absolute Gasteiger partial charge is 0.325 e. The van der Waals surface area contributed by atoms with Gasteiger partial charge in [-0.25, -0.2) is 0 Å². The summed E-state index contributed by atoms with van der Waals surface area (Å²) in [5.74, 6) is -0.354. The van der Waals surface area contributed by atoms with E-state index in [0.29, 0.717) is 0 Å². The van der Waals surface area contributed by atoms with Gasteiger partial charge in [0.2, 0.25) is 5.91 Å². The number of nitrogens with one attached hydrogen (secondary N) is 1. The molecule has 0 unspecified atom stereocenters. The lowest BCUT2D eigenvalue weighted by atomic mass is 10.1. The number of benzene rings is 1. The van der Waals surface area contributed by atoms with E-state index in [1.807, 2.05) is 19.2 Å². The van der Waals surface area contributed by atoms with E-state index in [-0.39, 0.29) is 18.1 Å². The van der Waals surface area contributed by atoms with Crippen molar-refractivity contribution in [2.45, 2.75) is 26.4 Å². The minimum absolute atomic E-state index is 0.0560. The van der Waals surface area contributed by atoms with Gasteiger partial charge in [0.05, 0.1) is 6.42 Å². The summed E-state index contributed by atoms with van der Waals surface area (Å²) in [6.45, 7) is 3.17. The van der Waals surface area contributed by atoms with Crippen LogP contribution >= 0.6 is 0 Å². The number of amides is 1. The molecule has 1 aromatic rings. The fourth-order valence-electron chi connectivity index (χ4n) is 2.12. The molecule has 0 bridgehead atoms. The van der Waals surface area contributed by atoms with Crippen LogP contribution in [0.2, 0.25) is 0 Å². The van der Waals surface area contributed by atoms with Gasteiger partial charge >= 0.3 is 0 Å². The maximum atomic E-state index is 11.6. The molecule has 0 aliphatic carbocycles. The van der Waals surface area contributed by atoms with Gasteiger partial charge < -0.3 is 5.32 Å². The fourth-order valence-corrected chi connectivity index (χ4v) is 2.12. The molecule has 1 amide bonds. The number of hydrogen-bond donors (Lipinski definition) is 1. The Kier molecular flexibility index (Phi) is 3.24. The summed E-state index contributed by atoms with van der Waals surface area (Å²) in [7, 11) is 2.04. The molecular weight excluding hydrogens is 216 g/mol. The average Bonchev–Trinajstić information content (AvgIpc) is 2.58. The van der Waals surface area contributed by atoms with Crippen molar-refractivity contribution in [1.82, 2.24) is 4.90 Å². The normalized spacial score (nSPS) is 14.5. The highest BCUT2D eigenvalue weighted by atomic mass is 16.2. The van der Waals surface area contributed by atoms with E-state index in [1.165, 1.54) is 12.5 Å². The SMILES string of the molecule is CC(=O)CC(=O)Nc1cccc2c1CN(C)C2. The topological polar surface area (TPSA) is 49.4 Å². The Morgan fingerprint density at radius 3 is 2.82 bits per heavy atom. The van der Waals surface area contributed by atoms with Crippen LogP contribution < -0.4 is 5.32 Å². The van der Waals surface area contributed by atoms with Crippen LogP contribution in [-0.4, -0.2) is 23.6 Å². The molecule has 17 heavy (non-hydrogen) atoms. The number of hydrogen-bond acceptors (Lipinski definition) is 3. The van der Waals surface area contributed by atoms with Crippen molar-refractivity contribution < 1.29 is 9.59 Å². The Hall–Kier alpha value is -1.68. The van der Waals surface area contributed by atoms with E-state index >= 15 is 0 Å². The highest BCUT2D eigenvalue weighted by Crippen LogP contribution is 2.28. The first kappa shape index (κ1) is 11.8. The van der Waals surface area contributed by atoms with Crippen molar-refractivity contribution in [3.8, 4) is 0 Å². The van der Waals surface area contributed by atoms with Crippen LogP contribution in [0, 0.1) is 0 Å². The van der Waals surface area contributed by atoms with Gasteiger partial charge in [-0.3, -0.25) is 14.5 Å². The van der Waals surface area contributed by atoms with Crippen molar-refractivity contribution in [1.29, 1.82) is 0 Å². The molecule has 0 saturated heterocycles. The molecule has 90 valence electrons. The van der Waals surface area contributed by atoms with Gasteiger partial charge in [-0.15, -0.1) is 0 Å². The number of rotatable bonds is 3. The zero-order valence-electron chi connectivity index (χ0n) is 10.1. The number of carbonyl (C=O) groups excluding carboxylic acids is 2. The highest BCUT2D eigenvalue weighted by Gasteiger charge is 2.19. The summed E-state index contributed by atoms with van der Waals surface area (Å²) >= 11 is 0. The molecular formula is C13H16N2O2. The van der Waals surface area contributed by atoms with E-state index in [1.54, 1.807) is 0 Å². The number of fused-ring (bicyclic) bond motifs is 1. The Morgan fingerprint density at radius 1 is 1.35 bits per heavy atom. The van der Waals surface area contributed by atoms with Gasteiger partial charge in [0.1, 0.15) is 5.78 Å². The van der Waals surface area contributed by atoms with Crippen molar-refractivity contribution >= 4 is 17.4 Å². The average molecular weight is 232 g/mol. The molecule has 0 spiro atoms. The predicted octanol–water partition coefficient (Wildman–Crippen LogP) is 1.55. The quantitative estimate of drug-likeness (QED) is 0.804. The van der Waals surface area contributed by atoms with Gasteiger partial charge in [0, 0.05) is 18.8 Å².